The molecule has 0 radical (unpaired) electrons. The first kappa shape index (κ1) is 37.4. The Labute approximate surface area is 306 Å². The van der Waals surface area contributed by atoms with Gasteiger partial charge in [0.1, 0.15) is 23.1 Å². The molecule has 0 unspecified atom stereocenters. The average Bonchev–Trinajstić information content (AvgIpc) is 3.58. The standard InChI is InChI=1S/C19H23ClO2.C18H22O2.C5H8O4/c1-19-7-6-13-14(16(19)4-5-18(19)22)3-2-11-9-17(21)12(10-20)8-15(11)13;1-18-9-8-14-13-5-3-12(19)10-11(13)2-4-15(14)16(18)6-7-17(18)20;6-4(7)2-1-3-5(8)9/h8-9,13-14,16,21H,2-7,10H2,1H3;3,5,10,14-16,19H,2,4,6-9H2,1H3;1-3H2,(H,6,7)(H,8,9)/t13-,14+,16-,19-;14-,15-,16+,18+;/m01./s1. The molecule has 51 heavy (non-hydrogen) atoms. The Kier molecular flexibility index (Phi) is 10.9. The molecule has 8 rings (SSSR count). The molecule has 0 spiro atoms. The molecule has 276 valence electrons. The smallest absolute Gasteiger partial charge is 0.303 e. The number of carbonyl (C=O) groups is 4. The van der Waals surface area contributed by atoms with Crippen molar-refractivity contribution in [3.8, 4) is 11.5 Å². The van der Waals surface area contributed by atoms with Crippen LogP contribution in [0.1, 0.15) is 137 Å². The Bertz CT molecular complexity index is 1670. The number of rotatable bonds is 5. The van der Waals surface area contributed by atoms with Gasteiger partial charge in [-0.1, -0.05) is 26.0 Å². The van der Waals surface area contributed by atoms with Crippen LogP contribution in [0.5, 0.6) is 11.5 Å². The quantitative estimate of drug-likeness (QED) is 0.224. The summed E-state index contributed by atoms with van der Waals surface area (Å²) in [6, 6.07) is 9.96. The van der Waals surface area contributed by atoms with Gasteiger partial charge < -0.3 is 20.4 Å². The molecule has 2 aromatic rings. The van der Waals surface area contributed by atoms with Crippen molar-refractivity contribution in [3.05, 3.63) is 58.1 Å². The lowest BCUT2D eigenvalue weighted by Crippen LogP contribution is -2.42. The van der Waals surface area contributed by atoms with Gasteiger partial charge in [-0.15, -0.1) is 11.6 Å². The number of phenols is 2. The summed E-state index contributed by atoms with van der Waals surface area (Å²) in [7, 11) is 0. The van der Waals surface area contributed by atoms with Crippen molar-refractivity contribution < 1.29 is 39.6 Å². The Balaban J connectivity index is 0.000000144. The number of carbonyl (C=O) groups excluding carboxylic acids is 2. The lowest BCUT2D eigenvalue weighted by Gasteiger charge is -2.48. The third kappa shape index (κ3) is 7.19. The predicted octanol–water partition coefficient (Wildman–Crippen LogP) is 8.70. The maximum absolute atomic E-state index is 12.3. The van der Waals surface area contributed by atoms with Gasteiger partial charge in [0.05, 0.1) is 5.88 Å². The van der Waals surface area contributed by atoms with E-state index in [0.29, 0.717) is 64.5 Å². The fourth-order valence-electron chi connectivity index (χ4n) is 11.3. The summed E-state index contributed by atoms with van der Waals surface area (Å²) in [6.45, 7) is 4.43. The number of benzene rings is 2. The summed E-state index contributed by atoms with van der Waals surface area (Å²) in [5, 5.41) is 35.8. The van der Waals surface area contributed by atoms with Gasteiger partial charge in [-0.25, -0.2) is 0 Å². The van der Waals surface area contributed by atoms with E-state index in [9.17, 15) is 29.4 Å². The summed E-state index contributed by atoms with van der Waals surface area (Å²) >= 11 is 5.98. The first-order chi connectivity index (χ1) is 24.3. The van der Waals surface area contributed by atoms with Crippen LogP contribution >= 0.6 is 11.6 Å². The second kappa shape index (κ2) is 14.9. The van der Waals surface area contributed by atoms with E-state index in [4.69, 9.17) is 21.8 Å². The average molecular weight is 721 g/mol. The molecule has 0 aromatic heterocycles. The zero-order valence-corrected chi connectivity index (χ0v) is 30.7. The van der Waals surface area contributed by atoms with Crippen molar-refractivity contribution in [1.29, 1.82) is 0 Å². The van der Waals surface area contributed by atoms with Crippen molar-refractivity contribution in [1.82, 2.24) is 0 Å². The van der Waals surface area contributed by atoms with Gasteiger partial charge in [0, 0.05) is 42.1 Å². The van der Waals surface area contributed by atoms with Crippen LogP contribution < -0.4 is 0 Å². The number of aliphatic carboxylic acids is 2. The molecule has 0 heterocycles. The van der Waals surface area contributed by atoms with Gasteiger partial charge in [-0.05, 0) is 147 Å². The zero-order chi connectivity index (χ0) is 36.7. The van der Waals surface area contributed by atoms with Crippen LogP contribution in [0, 0.1) is 34.5 Å². The molecule has 0 saturated heterocycles. The van der Waals surface area contributed by atoms with Crippen molar-refractivity contribution >= 4 is 35.1 Å². The van der Waals surface area contributed by atoms with E-state index in [2.05, 4.69) is 26.0 Å². The molecule has 6 aliphatic carbocycles. The third-order valence-electron chi connectivity index (χ3n) is 14.0. The Morgan fingerprint density at radius 3 is 1.73 bits per heavy atom. The second-order valence-corrected chi connectivity index (χ2v) is 16.8. The van der Waals surface area contributed by atoms with E-state index < -0.39 is 11.9 Å². The number of Topliss-reactive ketones (excluding diaryl/α,β-unsaturated/α-hetero) is 2. The Morgan fingerprint density at radius 2 is 1.22 bits per heavy atom. The molecular formula is C42H53ClO8. The largest absolute Gasteiger partial charge is 0.508 e. The van der Waals surface area contributed by atoms with Gasteiger partial charge in [0.25, 0.3) is 0 Å². The van der Waals surface area contributed by atoms with Gasteiger partial charge in [0.2, 0.25) is 0 Å². The first-order valence-corrected chi connectivity index (χ1v) is 19.5. The number of aryl methyl sites for hydroxylation is 2. The van der Waals surface area contributed by atoms with E-state index in [-0.39, 0.29) is 30.1 Å². The lowest BCUT2D eigenvalue weighted by atomic mass is 9.55. The highest BCUT2D eigenvalue weighted by atomic mass is 35.5. The number of alkyl halides is 1. The highest BCUT2D eigenvalue weighted by Gasteiger charge is 2.55. The maximum Gasteiger partial charge on any atom is 0.303 e. The van der Waals surface area contributed by atoms with Crippen LogP contribution in [0.25, 0.3) is 0 Å². The fourth-order valence-corrected chi connectivity index (χ4v) is 11.5. The number of hydrogen-bond acceptors (Lipinski definition) is 6. The monoisotopic (exact) mass is 720 g/mol. The summed E-state index contributed by atoms with van der Waals surface area (Å²) in [4.78, 5) is 44.2. The number of carboxylic acids is 2. The number of halogens is 1. The minimum atomic E-state index is -0.948. The Hall–Kier alpha value is -3.39. The Morgan fingerprint density at radius 1 is 0.706 bits per heavy atom. The molecule has 0 amide bonds. The number of aromatic hydroxyl groups is 2. The normalized spacial score (nSPS) is 32.7. The van der Waals surface area contributed by atoms with Crippen molar-refractivity contribution in [2.45, 2.75) is 128 Å². The van der Waals surface area contributed by atoms with Gasteiger partial charge in [-0.2, -0.15) is 0 Å². The van der Waals surface area contributed by atoms with Crippen LogP contribution in [-0.2, 0) is 37.9 Å². The van der Waals surface area contributed by atoms with E-state index in [1.165, 1.54) is 28.7 Å². The lowest BCUT2D eigenvalue weighted by molar-refractivity contribution is -0.138. The molecule has 9 heteroatoms. The molecule has 4 fully saturated rings. The van der Waals surface area contributed by atoms with E-state index >= 15 is 0 Å². The molecule has 4 saturated carbocycles. The first-order valence-electron chi connectivity index (χ1n) is 19.0. The van der Waals surface area contributed by atoms with Gasteiger partial charge in [-0.3, -0.25) is 19.2 Å². The molecule has 6 aliphatic rings. The predicted molar refractivity (Wildman–Crippen MR) is 194 cm³/mol. The molecule has 0 bridgehead atoms. The van der Waals surface area contributed by atoms with Gasteiger partial charge >= 0.3 is 11.9 Å². The zero-order valence-electron chi connectivity index (χ0n) is 30.0. The van der Waals surface area contributed by atoms with Crippen LogP contribution in [0.3, 0.4) is 0 Å². The van der Waals surface area contributed by atoms with E-state index in [0.717, 1.165) is 76.2 Å². The van der Waals surface area contributed by atoms with Crippen LogP contribution in [0.4, 0.5) is 0 Å². The molecule has 0 aliphatic heterocycles. The summed E-state index contributed by atoms with van der Waals surface area (Å²) in [6.07, 6.45) is 12.6. The number of hydrogen-bond donors (Lipinski definition) is 4. The summed E-state index contributed by atoms with van der Waals surface area (Å²) in [5.41, 5.74) is 6.21. The fraction of sp³-hybridized carbons (Fsp3) is 0.619. The van der Waals surface area contributed by atoms with Gasteiger partial charge in [0.15, 0.2) is 0 Å². The maximum atomic E-state index is 12.3. The van der Waals surface area contributed by atoms with Crippen molar-refractivity contribution in [2.75, 3.05) is 0 Å². The third-order valence-corrected chi connectivity index (χ3v) is 14.3. The van der Waals surface area contributed by atoms with E-state index in [1.54, 1.807) is 0 Å². The summed E-state index contributed by atoms with van der Waals surface area (Å²) in [5.74, 6) is 3.81. The van der Waals surface area contributed by atoms with Crippen LogP contribution in [0.2, 0.25) is 0 Å². The summed E-state index contributed by atoms with van der Waals surface area (Å²) < 4.78 is 0. The highest BCUT2D eigenvalue weighted by molar-refractivity contribution is 6.17. The SMILES string of the molecule is C[C@]12CC[C@@H]3c4cc(CCl)c(O)cc4CC[C@H]3[C@@H]1CCC2=O.C[C@]12CC[C@@H]3c4ccc(O)cc4CC[C@H]3[C@@H]1CCC2=O.O=C(O)CCCC(=O)O. The van der Waals surface area contributed by atoms with E-state index in [1.807, 2.05) is 18.2 Å². The number of ketones is 2. The molecule has 8 atom stereocenters. The molecular weight excluding hydrogens is 668 g/mol. The topological polar surface area (TPSA) is 149 Å². The minimum Gasteiger partial charge on any atom is -0.508 e. The van der Waals surface area contributed by atoms with Crippen LogP contribution in [0.15, 0.2) is 30.3 Å². The molecule has 4 N–H and O–H groups in total. The molecule has 8 nitrogen and oxygen atoms in total. The number of carboxylic acid groups (broad SMARTS) is 2. The number of fused-ring (bicyclic) bond motifs is 10. The van der Waals surface area contributed by atoms with Crippen LogP contribution in [-0.4, -0.2) is 43.9 Å². The van der Waals surface area contributed by atoms with Crippen molar-refractivity contribution in [2.24, 2.45) is 34.5 Å². The highest BCUT2D eigenvalue weighted by Crippen LogP contribution is 2.61. The minimum absolute atomic E-state index is 0.0322. The molecule has 2 aromatic carbocycles. The number of phenolic OH excluding ortho intramolecular Hbond substituents is 2. The second-order valence-electron chi connectivity index (χ2n) is 16.5. The van der Waals surface area contributed by atoms with Crippen molar-refractivity contribution in [3.63, 3.8) is 0 Å².